The lowest BCUT2D eigenvalue weighted by atomic mass is 10.1. The van der Waals surface area contributed by atoms with Crippen LogP contribution in [0.4, 0.5) is 5.69 Å². The summed E-state index contributed by atoms with van der Waals surface area (Å²) in [7, 11) is -4.23. The molecule has 1 aromatic rings. The fourth-order valence-electron chi connectivity index (χ4n) is 1.90. The lowest BCUT2D eigenvalue weighted by Gasteiger charge is -2.10. The zero-order valence-corrected chi connectivity index (χ0v) is 14.5. The molecule has 0 aliphatic heterocycles. The highest BCUT2D eigenvalue weighted by molar-refractivity contribution is 7.85. The molecular weight excluding hydrogens is 352 g/mol. The Hall–Kier alpha value is -2.46. The molecule has 10 heteroatoms. The third kappa shape index (κ3) is 8.27. The van der Waals surface area contributed by atoms with Crippen molar-refractivity contribution in [1.29, 1.82) is 0 Å². The van der Waals surface area contributed by atoms with E-state index in [1.165, 1.54) is 12.1 Å². The van der Waals surface area contributed by atoms with E-state index >= 15 is 0 Å². The smallest absolute Gasteiger partial charge is 0.354 e. The van der Waals surface area contributed by atoms with E-state index in [2.05, 4.69) is 10.5 Å². The van der Waals surface area contributed by atoms with Gasteiger partial charge >= 0.3 is 11.9 Å². The maximum Gasteiger partial charge on any atom is 0.354 e. The summed E-state index contributed by atoms with van der Waals surface area (Å²) in [5.74, 6) is -2.29. The number of carboxylic acid groups (broad SMARTS) is 1. The number of benzene rings is 1. The molecule has 0 amide bonds. The van der Waals surface area contributed by atoms with Crippen molar-refractivity contribution in [1.82, 2.24) is 0 Å². The molecule has 9 nitrogen and oxygen atoms in total. The third-order valence-corrected chi connectivity index (χ3v) is 3.66. The Kier molecular flexibility index (Phi) is 8.02. The highest BCUT2D eigenvalue weighted by atomic mass is 32.2. The van der Waals surface area contributed by atoms with Gasteiger partial charge in [0.15, 0.2) is 0 Å². The summed E-state index contributed by atoms with van der Waals surface area (Å²) < 4.78 is 35.9. The van der Waals surface area contributed by atoms with Gasteiger partial charge < -0.3 is 9.84 Å². The third-order valence-electron chi connectivity index (χ3n) is 2.98. The molecule has 0 fully saturated rings. The topological polar surface area (TPSA) is 142 Å². The van der Waals surface area contributed by atoms with E-state index in [-0.39, 0.29) is 37.1 Å². The van der Waals surface area contributed by atoms with Gasteiger partial charge in [0.25, 0.3) is 10.1 Å². The molecular formula is C15H20N2O7S. The number of carbonyl (C=O) groups is 2. The Morgan fingerprint density at radius 2 is 1.92 bits per heavy atom. The minimum atomic E-state index is -4.23. The van der Waals surface area contributed by atoms with Gasteiger partial charge in [0.1, 0.15) is 11.5 Å². The number of nitrogens with one attached hydrogen (secondary N) is 1. The van der Waals surface area contributed by atoms with Crippen LogP contribution in [0.5, 0.6) is 0 Å². The summed E-state index contributed by atoms with van der Waals surface area (Å²) in [4.78, 5) is 22.5. The summed E-state index contributed by atoms with van der Waals surface area (Å²) in [6.07, 6.45) is 0.150. The number of hydrazone groups is 1. The fraction of sp³-hybridized carbons (Fsp3) is 0.400. The van der Waals surface area contributed by atoms with Crippen LogP contribution in [0.15, 0.2) is 29.4 Å². The standard InChI is InChI=1S/C15H20N2O7S/c1-2-24-15(20)13(8-5-9-14(18)19)17-16-12-7-4-3-6-11(12)10-25(21,22)23/h3-4,6-7,16H,2,5,8-10H2,1H3,(H,18,19)(H,21,22,23)/b17-13+. The molecule has 0 heterocycles. The SMILES string of the molecule is CCOC(=O)/C(CCCC(=O)O)=N/Nc1ccccc1CS(=O)(=O)O. The molecule has 0 aromatic heterocycles. The predicted octanol–water partition coefficient (Wildman–Crippen LogP) is 1.66. The van der Waals surface area contributed by atoms with Crippen molar-refractivity contribution in [2.24, 2.45) is 5.10 Å². The minimum Gasteiger partial charge on any atom is -0.481 e. The molecule has 0 atom stereocenters. The zero-order chi connectivity index (χ0) is 18.9. The summed E-state index contributed by atoms with van der Waals surface area (Å²) in [6.45, 7) is 1.76. The van der Waals surface area contributed by atoms with Crippen LogP contribution in [0.3, 0.4) is 0 Å². The van der Waals surface area contributed by atoms with Crippen molar-refractivity contribution < 1.29 is 32.4 Å². The van der Waals surface area contributed by atoms with Crippen LogP contribution in [0.2, 0.25) is 0 Å². The number of anilines is 1. The van der Waals surface area contributed by atoms with Gasteiger partial charge in [0.05, 0.1) is 12.3 Å². The van der Waals surface area contributed by atoms with Gasteiger partial charge in [-0.3, -0.25) is 14.8 Å². The van der Waals surface area contributed by atoms with Gasteiger partial charge in [-0.2, -0.15) is 13.5 Å². The molecule has 0 aliphatic carbocycles. The van der Waals surface area contributed by atoms with Crippen molar-refractivity contribution in [3.8, 4) is 0 Å². The molecule has 0 aliphatic rings. The average molecular weight is 372 g/mol. The second-order valence-electron chi connectivity index (χ2n) is 5.02. The van der Waals surface area contributed by atoms with Crippen molar-refractivity contribution >= 4 is 33.5 Å². The van der Waals surface area contributed by atoms with Crippen LogP contribution in [0, 0.1) is 0 Å². The molecule has 0 saturated carbocycles. The van der Waals surface area contributed by atoms with Gasteiger partial charge in [-0.05, 0) is 31.4 Å². The quantitative estimate of drug-likeness (QED) is 0.243. The van der Waals surface area contributed by atoms with Crippen LogP contribution in [0.25, 0.3) is 0 Å². The molecule has 1 aromatic carbocycles. The number of aliphatic carboxylic acids is 1. The summed E-state index contributed by atoms with van der Waals surface area (Å²) >= 11 is 0. The van der Waals surface area contributed by atoms with Gasteiger partial charge in [0, 0.05) is 6.42 Å². The number of ether oxygens (including phenoxy) is 1. The van der Waals surface area contributed by atoms with E-state index in [0.717, 1.165) is 0 Å². The van der Waals surface area contributed by atoms with E-state index in [1.54, 1.807) is 19.1 Å². The van der Waals surface area contributed by atoms with Gasteiger partial charge in [-0.15, -0.1) is 0 Å². The first-order chi connectivity index (χ1) is 11.7. The van der Waals surface area contributed by atoms with Crippen molar-refractivity contribution in [3.05, 3.63) is 29.8 Å². The van der Waals surface area contributed by atoms with Crippen LogP contribution in [-0.4, -0.2) is 42.3 Å². The minimum absolute atomic E-state index is 0.00948. The molecule has 0 spiro atoms. The van der Waals surface area contributed by atoms with Gasteiger partial charge in [-0.1, -0.05) is 18.2 Å². The molecule has 25 heavy (non-hydrogen) atoms. The number of esters is 1. The Morgan fingerprint density at radius 3 is 2.52 bits per heavy atom. The van der Waals surface area contributed by atoms with Crippen molar-refractivity contribution in [2.75, 3.05) is 12.0 Å². The lowest BCUT2D eigenvalue weighted by molar-refractivity contribution is -0.137. The first-order valence-corrected chi connectivity index (χ1v) is 9.08. The molecule has 138 valence electrons. The highest BCUT2D eigenvalue weighted by Gasteiger charge is 2.15. The molecule has 0 radical (unpaired) electrons. The summed E-state index contributed by atoms with van der Waals surface area (Å²) in [5, 5.41) is 12.6. The number of hydrogen-bond donors (Lipinski definition) is 3. The Labute approximate surface area is 145 Å². The predicted molar refractivity (Wildman–Crippen MR) is 90.9 cm³/mol. The monoisotopic (exact) mass is 372 g/mol. The first kappa shape index (κ1) is 20.6. The van der Waals surface area contributed by atoms with Crippen LogP contribution in [0.1, 0.15) is 31.7 Å². The number of carbonyl (C=O) groups excluding carboxylic acids is 1. The molecule has 0 bridgehead atoms. The van der Waals surface area contributed by atoms with Crippen LogP contribution < -0.4 is 5.43 Å². The molecule has 1 rings (SSSR count). The summed E-state index contributed by atoms with van der Waals surface area (Å²) in [5.41, 5.74) is 3.13. The largest absolute Gasteiger partial charge is 0.481 e. The molecule has 3 N–H and O–H groups in total. The van der Waals surface area contributed by atoms with Crippen molar-refractivity contribution in [2.45, 2.75) is 31.9 Å². The van der Waals surface area contributed by atoms with Crippen LogP contribution in [-0.2, 0) is 30.2 Å². The second kappa shape index (κ2) is 9.74. The number of hydrogen-bond acceptors (Lipinski definition) is 7. The van der Waals surface area contributed by atoms with Crippen molar-refractivity contribution in [3.63, 3.8) is 0 Å². The van der Waals surface area contributed by atoms with Crippen LogP contribution >= 0.6 is 0 Å². The number of carboxylic acids is 1. The fourth-order valence-corrected chi connectivity index (χ4v) is 2.55. The van der Waals surface area contributed by atoms with E-state index in [0.29, 0.717) is 5.69 Å². The molecule has 0 saturated heterocycles. The van der Waals surface area contributed by atoms with E-state index < -0.39 is 27.8 Å². The number of nitrogens with zero attached hydrogens (tertiary/aromatic N) is 1. The maximum absolute atomic E-state index is 11.9. The van der Waals surface area contributed by atoms with Gasteiger partial charge in [-0.25, -0.2) is 4.79 Å². The highest BCUT2D eigenvalue weighted by Crippen LogP contribution is 2.18. The molecule has 0 unspecified atom stereocenters. The summed E-state index contributed by atoms with van der Waals surface area (Å²) in [6, 6.07) is 6.23. The average Bonchev–Trinajstić information content (AvgIpc) is 2.50. The van der Waals surface area contributed by atoms with E-state index in [9.17, 15) is 18.0 Å². The van der Waals surface area contributed by atoms with E-state index in [1.807, 2.05) is 0 Å². The second-order valence-corrected chi connectivity index (χ2v) is 6.47. The van der Waals surface area contributed by atoms with Gasteiger partial charge in [0.2, 0.25) is 0 Å². The Balaban J connectivity index is 2.95. The first-order valence-electron chi connectivity index (χ1n) is 7.47. The van der Waals surface area contributed by atoms with E-state index in [4.69, 9.17) is 14.4 Å². The number of para-hydroxylation sites is 1. The maximum atomic E-state index is 11.9. The number of rotatable bonds is 10. The Morgan fingerprint density at radius 1 is 1.24 bits per heavy atom. The lowest BCUT2D eigenvalue weighted by Crippen LogP contribution is -2.19. The Bertz CT molecular complexity index is 744. The zero-order valence-electron chi connectivity index (χ0n) is 13.6. The normalized spacial score (nSPS) is 11.8.